The number of halogens is 5. The molecule has 0 aliphatic rings. The fourth-order valence-electron chi connectivity index (χ4n) is 1.01. The Morgan fingerprint density at radius 1 is 1.41 bits per heavy atom. The second-order valence-electron chi connectivity index (χ2n) is 2.85. The van der Waals surface area contributed by atoms with Gasteiger partial charge in [-0.15, -0.1) is 13.2 Å². The Balaban J connectivity index is 3.47. The molecule has 96 valence electrons. The van der Waals surface area contributed by atoms with E-state index in [0.29, 0.717) is 6.20 Å². The van der Waals surface area contributed by atoms with Crippen LogP contribution in [-0.2, 0) is 9.05 Å². The molecule has 0 radical (unpaired) electrons. The molecule has 0 aliphatic carbocycles. The molecule has 0 amide bonds. The Labute approximate surface area is 97.6 Å². The summed E-state index contributed by atoms with van der Waals surface area (Å²) in [6.45, 7) is 0.940. The number of pyridine rings is 1. The third-order valence-electron chi connectivity index (χ3n) is 1.64. The van der Waals surface area contributed by atoms with Gasteiger partial charge in [0, 0.05) is 16.2 Å². The third kappa shape index (κ3) is 3.43. The summed E-state index contributed by atoms with van der Waals surface area (Å²) in [5.41, 5.74) is -0.603. The molecule has 1 aromatic rings. The molecule has 10 heteroatoms. The van der Waals surface area contributed by atoms with Crippen LogP contribution in [0.1, 0.15) is 5.56 Å². The number of rotatable bonds is 2. The van der Waals surface area contributed by atoms with Gasteiger partial charge in [0.15, 0.2) is 4.90 Å². The molecule has 0 fully saturated rings. The summed E-state index contributed by atoms with van der Waals surface area (Å²) in [4.78, 5) is 1.77. The minimum absolute atomic E-state index is 0.405. The first-order chi connectivity index (χ1) is 7.52. The van der Waals surface area contributed by atoms with Crippen LogP contribution in [0.4, 0.5) is 17.6 Å². The fourth-order valence-corrected chi connectivity index (χ4v) is 2.32. The fraction of sp³-hybridized carbons (Fsp3) is 0.286. The van der Waals surface area contributed by atoms with Crippen molar-refractivity contribution in [3.05, 3.63) is 17.6 Å². The maximum atomic E-state index is 13.0. The quantitative estimate of drug-likeness (QED) is 0.620. The lowest BCUT2D eigenvalue weighted by atomic mass is 10.3. The first-order valence-electron chi connectivity index (χ1n) is 3.88. The molecule has 0 bridgehead atoms. The van der Waals surface area contributed by atoms with Crippen molar-refractivity contribution in [1.29, 1.82) is 0 Å². The molecule has 0 aliphatic heterocycles. The van der Waals surface area contributed by atoms with Crippen molar-refractivity contribution in [3.8, 4) is 5.88 Å². The van der Waals surface area contributed by atoms with Gasteiger partial charge in [-0.25, -0.2) is 17.8 Å². The third-order valence-corrected chi connectivity index (χ3v) is 3.08. The highest BCUT2D eigenvalue weighted by Gasteiger charge is 2.36. The second-order valence-corrected chi connectivity index (χ2v) is 5.35. The molecule has 4 nitrogen and oxygen atoms in total. The van der Waals surface area contributed by atoms with Crippen molar-refractivity contribution in [3.63, 3.8) is 0 Å². The van der Waals surface area contributed by atoms with Crippen molar-refractivity contribution in [2.45, 2.75) is 18.2 Å². The van der Waals surface area contributed by atoms with Crippen LogP contribution in [0.15, 0.2) is 11.1 Å². The monoisotopic (exact) mass is 293 g/mol. The van der Waals surface area contributed by atoms with E-state index in [1.807, 2.05) is 0 Å². The zero-order chi connectivity index (χ0) is 13.4. The van der Waals surface area contributed by atoms with Gasteiger partial charge in [-0.2, -0.15) is 0 Å². The highest BCUT2D eigenvalue weighted by Crippen LogP contribution is 2.32. The summed E-state index contributed by atoms with van der Waals surface area (Å²) in [6, 6.07) is 0. The van der Waals surface area contributed by atoms with Crippen LogP contribution in [0, 0.1) is 12.7 Å². The summed E-state index contributed by atoms with van der Waals surface area (Å²) in [6.07, 6.45) is -4.75. The Hall–Kier alpha value is -1.09. The highest BCUT2D eigenvalue weighted by atomic mass is 35.7. The lowest BCUT2D eigenvalue weighted by Gasteiger charge is -2.12. The van der Waals surface area contributed by atoms with Crippen LogP contribution in [0.25, 0.3) is 0 Å². The highest BCUT2D eigenvalue weighted by molar-refractivity contribution is 8.13. The van der Waals surface area contributed by atoms with Crippen molar-refractivity contribution < 1.29 is 30.7 Å². The van der Waals surface area contributed by atoms with Gasteiger partial charge in [-0.05, 0) is 6.92 Å². The molecule has 0 saturated carbocycles. The van der Waals surface area contributed by atoms with Crippen molar-refractivity contribution in [2.75, 3.05) is 0 Å². The summed E-state index contributed by atoms with van der Waals surface area (Å²) in [5.74, 6) is -2.43. The van der Waals surface area contributed by atoms with Crippen LogP contribution in [0.2, 0.25) is 0 Å². The van der Waals surface area contributed by atoms with E-state index in [1.54, 1.807) is 0 Å². The molecule has 1 rings (SSSR count). The number of aromatic nitrogens is 1. The number of hydrogen-bond acceptors (Lipinski definition) is 4. The molecule has 0 N–H and O–H groups in total. The first kappa shape index (κ1) is 14.0. The van der Waals surface area contributed by atoms with Crippen LogP contribution < -0.4 is 4.74 Å². The van der Waals surface area contributed by atoms with Gasteiger partial charge in [0.1, 0.15) is 5.82 Å². The molecular formula is C7H4ClF4NO3S. The van der Waals surface area contributed by atoms with E-state index in [0.717, 1.165) is 6.92 Å². The van der Waals surface area contributed by atoms with Gasteiger partial charge in [-0.3, -0.25) is 0 Å². The first-order valence-corrected chi connectivity index (χ1v) is 6.19. The Morgan fingerprint density at radius 3 is 2.35 bits per heavy atom. The van der Waals surface area contributed by atoms with E-state index in [4.69, 9.17) is 10.7 Å². The smallest absolute Gasteiger partial charge is 0.386 e. The summed E-state index contributed by atoms with van der Waals surface area (Å²) < 4.78 is 74.2. The molecule has 1 heterocycles. The topological polar surface area (TPSA) is 56.3 Å². The number of ether oxygens (including phenoxy) is 1. The average molecular weight is 294 g/mol. The lowest BCUT2D eigenvalue weighted by Crippen LogP contribution is -2.20. The minimum Gasteiger partial charge on any atom is -0.386 e. The SMILES string of the molecule is Cc1c(F)cnc(OC(F)(F)F)c1S(=O)(=O)Cl. The van der Waals surface area contributed by atoms with Gasteiger partial charge in [0.05, 0.1) is 6.20 Å². The molecule has 0 atom stereocenters. The maximum absolute atomic E-state index is 13.0. The van der Waals surface area contributed by atoms with Gasteiger partial charge >= 0.3 is 6.36 Å². The predicted octanol–water partition coefficient (Wildman–Crippen LogP) is 2.36. The molecule has 17 heavy (non-hydrogen) atoms. The van der Waals surface area contributed by atoms with E-state index in [2.05, 4.69) is 9.72 Å². The van der Waals surface area contributed by atoms with Crippen LogP contribution in [0.5, 0.6) is 5.88 Å². The second kappa shape index (κ2) is 4.30. The van der Waals surface area contributed by atoms with Gasteiger partial charge < -0.3 is 4.74 Å². The van der Waals surface area contributed by atoms with E-state index in [1.165, 1.54) is 0 Å². The molecule has 0 saturated heterocycles. The van der Waals surface area contributed by atoms with Gasteiger partial charge in [0.25, 0.3) is 9.05 Å². The summed E-state index contributed by atoms with van der Waals surface area (Å²) >= 11 is 0. The summed E-state index contributed by atoms with van der Waals surface area (Å²) in [7, 11) is 0.274. The van der Waals surface area contributed by atoms with Crippen molar-refractivity contribution in [1.82, 2.24) is 4.98 Å². The van der Waals surface area contributed by atoms with E-state index in [9.17, 15) is 26.0 Å². The normalized spacial score (nSPS) is 12.6. The largest absolute Gasteiger partial charge is 0.574 e. The lowest BCUT2D eigenvalue weighted by molar-refractivity contribution is -0.277. The van der Waals surface area contributed by atoms with Crippen LogP contribution in [0.3, 0.4) is 0 Å². The van der Waals surface area contributed by atoms with Crippen molar-refractivity contribution in [2.24, 2.45) is 0 Å². The Bertz CT molecular complexity index is 543. The number of alkyl halides is 3. The Morgan fingerprint density at radius 2 is 1.94 bits per heavy atom. The van der Waals surface area contributed by atoms with E-state index < -0.39 is 37.6 Å². The zero-order valence-corrected chi connectivity index (χ0v) is 9.62. The predicted molar refractivity (Wildman–Crippen MR) is 48.7 cm³/mol. The number of nitrogens with zero attached hydrogens (tertiary/aromatic N) is 1. The van der Waals surface area contributed by atoms with Crippen LogP contribution >= 0.6 is 10.7 Å². The molecule has 0 spiro atoms. The number of hydrogen-bond donors (Lipinski definition) is 0. The van der Waals surface area contributed by atoms with E-state index >= 15 is 0 Å². The molecule has 0 aromatic carbocycles. The van der Waals surface area contributed by atoms with Gasteiger partial charge in [0.2, 0.25) is 5.88 Å². The zero-order valence-electron chi connectivity index (χ0n) is 8.05. The molecule has 1 aromatic heterocycles. The molecular weight excluding hydrogens is 290 g/mol. The minimum atomic E-state index is -5.16. The Kier molecular flexibility index (Phi) is 3.53. The molecule has 0 unspecified atom stereocenters. The van der Waals surface area contributed by atoms with Gasteiger partial charge in [-0.1, -0.05) is 0 Å². The van der Waals surface area contributed by atoms with E-state index in [-0.39, 0.29) is 0 Å². The average Bonchev–Trinajstić information content (AvgIpc) is 2.06. The maximum Gasteiger partial charge on any atom is 0.574 e. The van der Waals surface area contributed by atoms with Crippen molar-refractivity contribution >= 4 is 19.7 Å². The van der Waals surface area contributed by atoms with Crippen LogP contribution in [-0.4, -0.2) is 19.8 Å². The summed E-state index contributed by atoms with van der Waals surface area (Å²) in [5, 5.41) is 0. The standard InChI is InChI=1S/C7H4ClF4NO3S/c1-3-4(9)2-13-6(16-7(10,11)12)5(3)17(8,14)15/h2H,1H3.